The first-order chi connectivity index (χ1) is 8.84. The van der Waals surface area contributed by atoms with E-state index in [1.165, 1.54) is 0 Å². The van der Waals surface area contributed by atoms with Crippen LogP contribution in [-0.4, -0.2) is 23.8 Å². The maximum absolute atomic E-state index is 11.9. The lowest BCUT2D eigenvalue weighted by molar-refractivity contribution is 0.204. The van der Waals surface area contributed by atoms with Gasteiger partial charge in [0.15, 0.2) is 0 Å². The van der Waals surface area contributed by atoms with Gasteiger partial charge in [-0.1, -0.05) is 51.1 Å². The van der Waals surface area contributed by atoms with Gasteiger partial charge in [-0.15, -0.1) is 0 Å². The van der Waals surface area contributed by atoms with E-state index < -0.39 is 0 Å². The highest BCUT2D eigenvalue weighted by molar-refractivity contribution is 5.74. The Morgan fingerprint density at radius 2 is 1.79 bits per heavy atom. The van der Waals surface area contributed by atoms with E-state index in [0.717, 1.165) is 5.56 Å². The van der Waals surface area contributed by atoms with Crippen LogP contribution >= 0.6 is 0 Å². The fraction of sp³-hybridized carbons (Fsp3) is 0.533. The highest BCUT2D eigenvalue weighted by atomic mass is 16.3. The minimum Gasteiger partial charge on any atom is -0.394 e. The fourth-order valence-corrected chi connectivity index (χ4v) is 1.53. The summed E-state index contributed by atoms with van der Waals surface area (Å²) in [5.74, 6) is 0. The summed E-state index contributed by atoms with van der Waals surface area (Å²) < 4.78 is 0. The molecule has 2 atom stereocenters. The zero-order chi connectivity index (χ0) is 14.5. The molecule has 106 valence electrons. The van der Waals surface area contributed by atoms with Crippen molar-refractivity contribution in [2.75, 3.05) is 6.61 Å². The van der Waals surface area contributed by atoms with Crippen molar-refractivity contribution in [1.82, 2.24) is 10.6 Å². The maximum Gasteiger partial charge on any atom is 0.315 e. The van der Waals surface area contributed by atoms with E-state index in [4.69, 9.17) is 0 Å². The topological polar surface area (TPSA) is 61.4 Å². The van der Waals surface area contributed by atoms with Crippen molar-refractivity contribution in [2.24, 2.45) is 5.41 Å². The second-order valence-corrected chi connectivity index (χ2v) is 5.85. The first kappa shape index (κ1) is 15.5. The van der Waals surface area contributed by atoms with Crippen LogP contribution in [0.1, 0.15) is 39.3 Å². The molecule has 3 N–H and O–H groups in total. The molecule has 0 aliphatic rings. The molecule has 0 aliphatic carbocycles. The number of nitrogens with one attached hydrogen (secondary N) is 2. The minimum atomic E-state index is -0.381. The number of aliphatic hydroxyl groups excluding tert-OH is 1. The molecule has 2 unspecified atom stereocenters. The van der Waals surface area contributed by atoms with Crippen LogP contribution < -0.4 is 10.6 Å². The number of carbonyl (C=O) groups is 1. The molecule has 0 saturated heterocycles. The Morgan fingerprint density at radius 3 is 2.26 bits per heavy atom. The third kappa shape index (κ3) is 4.91. The van der Waals surface area contributed by atoms with Gasteiger partial charge in [-0.3, -0.25) is 0 Å². The van der Waals surface area contributed by atoms with Crippen LogP contribution in [0.2, 0.25) is 0 Å². The van der Waals surface area contributed by atoms with E-state index in [-0.39, 0.29) is 30.1 Å². The van der Waals surface area contributed by atoms with Gasteiger partial charge >= 0.3 is 6.03 Å². The molecular weight excluding hydrogens is 240 g/mol. The van der Waals surface area contributed by atoms with Crippen molar-refractivity contribution < 1.29 is 9.90 Å². The summed E-state index contributed by atoms with van der Waals surface area (Å²) in [5, 5.41) is 15.1. The van der Waals surface area contributed by atoms with Gasteiger partial charge in [0.1, 0.15) is 0 Å². The second-order valence-electron chi connectivity index (χ2n) is 5.85. The smallest absolute Gasteiger partial charge is 0.315 e. The zero-order valence-electron chi connectivity index (χ0n) is 12.1. The SMILES string of the molecule is CC(NC(=O)NC(CO)c1ccccc1)C(C)(C)C. The van der Waals surface area contributed by atoms with Crippen molar-refractivity contribution in [3.63, 3.8) is 0 Å². The number of carbonyl (C=O) groups excluding carboxylic acids is 1. The van der Waals surface area contributed by atoms with Crippen LogP contribution in [0.4, 0.5) is 4.79 Å². The number of benzene rings is 1. The van der Waals surface area contributed by atoms with Crippen LogP contribution in [0, 0.1) is 5.41 Å². The number of aliphatic hydroxyl groups is 1. The first-order valence-electron chi connectivity index (χ1n) is 6.57. The lowest BCUT2D eigenvalue weighted by Gasteiger charge is -2.29. The van der Waals surface area contributed by atoms with Crippen molar-refractivity contribution in [2.45, 2.75) is 39.8 Å². The molecule has 1 rings (SSSR count). The highest BCUT2D eigenvalue weighted by Crippen LogP contribution is 2.18. The molecule has 19 heavy (non-hydrogen) atoms. The Hall–Kier alpha value is -1.55. The summed E-state index contributed by atoms with van der Waals surface area (Å²) in [4.78, 5) is 11.9. The normalized spacial score (nSPS) is 14.6. The van der Waals surface area contributed by atoms with Crippen molar-refractivity contribution >= 4 is 6.03 Å². The lowest BCUT2D eigenvalue weighted by atomic mass is 9.88. The van der Waals surface area contributed by atoms with E-state index in [1.54, 1.807) is 0 Å². The predicted molar refractivity (Wildman–Crippen MR) is 76.9 cm³/mol. The molecule has 1 aromatic rings. The molecule has 0 saturated carbocycles. The van der Waals surface area contributed by atoms with E-state index in [1.807, 2.05) is 37.3 Å². The molecule has 0 fully saturated rings. The van der Waals surface area contributed by atoms with Crippen LogP contribution in [0.5, 0.6) is 0 Å². The number of amides is 2. The summed E-state index contributed by atoms with van der Waals surface area (Å²) in [5.41, 5.74) is 0.891. The molecule has 0 bridgehead atoms. The summed E-state index contributed by atoms with van der Waals surface area (Å²) in [7, 11) is 0. The zero-order valence-corrected chi connectivity index (χ0v) is 12.1. The third-order valence-corrected chi connectivity index (χ3v) is 3.34. The van der Waals surface area contributed by atoms with E-state index in [9.17, 15) is 9.90 Å². The van der Waals surface area contributed by atoms with E-state index in [0.29, 0.717) is 0 Å². The first-order valence-corrected chi connectivity index (χ1v) is 6.57. The van der Waals surface area contributed by atoms with Gasteiger partial charge in [0.2, 0.25) is 0 Å². The number of rotatable bonds is 4. The van der Waals surface area contributed by atoms with Crippen molar-refractivity contribution in [1.29, 1.82) is 0 Å². The maximum atomic E-state index is 11.9. The van der Waals surface area contributed by atoms with Crippen LogP contribution in [0.25, 0.3) is 0 Å². The van der Waals surface area contributed by atoms with Gasteiger partial charge < -0.3 is 15.7 Å². The van der Waals surface area contributed by atoms with Gasteiger partial charge in [-0.05, 0) is 17.9 Å². The monoisotopic (exact) mass is 264 g/mol. The van der Waals surface area contributed by atoms with Gasteiger partial charge in [-0.25, -0.2) is 4.79 Å². The predicted octanol–water partition coefficient (Wildman–Crippen LogP) is 2.45. The Balaban J connectivity index is 2.60. The number of hydrogen-bond acceptors (Lipinski definition) is 2. The lowest BCUT2D eigenvalue weighted by Crippen LogP contribution is -2.47. The third-order valence-electron chi connectivity index (χ3n) is 3.34. The Morgan fingerprint density at radius 1 is 1.21 bits per heavy atom. The van der Waals surface area contributed by atoms with Crippen molar-refractivity contribution in [3.8, 4) is 0 Å². The van der Waals surface area contributed by atoms with Gasteiger partial charge in [-0.2, -0.15) is 0 Å². The summed E-state index contributed by atoms with van der Waals surface area (Å²) in [6, 6.07) is 8.84. The van der Waals surface area contributed by atoms with Crippen LogP contribution in [-0.2, 0) is 0 Å². The molecule has 4 heteroatoms. The summed E-state index contributed by atoms with van der Waals surface area (Å²) >= 11 is 0. The molecule has 0 aromatic heterocycles. The average molecular weight is 264 g/mol. The minimum absolute atomic E-state index is 0.00119. The molecule has 0 radical (unpaired) electrons. The molecule has 0 spiro atoms. The molecule has 0 aliphatic heterocycles. The average Bonchev–Trinajstić information content (AvgIpc) is 2.35. The molecular formula is C15H24N2O2. The number of hydrogen-bond donors (Lipinski definition) is 3. The van der Waals surface area contributed by atoms with Crippen LogP contribution in [0.3, 0.4) is 0 Å². The highest BCUT2D eigenvalue weighted by Gasteiger charge is 2.22. The van der Waals surface area contributed by atoms with Gasteiger partial charge in [0.25, 0.3) is 0 Å². The Labute approximate surface area is 115 Å². The second kappa shape index (κ2) is 6.57. The summed E-state index contributed by atoms with van der Waals surface area (Å²) in [6.45, 7) is 8.05. The molecule has 2 amide bonds. The number of urea groups is 1. The van der Waals surface area contributed by atoms with Gasteiger partial charge in [0.05, 0.1) is 12.6 Å². The quantitative estimate of drug-likeness (QED) is 0.782. The largest absolute Gasteiger partial charge is 0.394 e. The molecule has 0 heterocycles. The molecule has 1 aromatic carbocycles. The Kier molecular flexibility index (Phi) is 5.36. The standard InChI is InChI=1S/C15H24N2O2/c1-11(15(2,3)4)16-14(19)17-13(10-18)12-8-6-5-7-9-12/h5-9,11,13,18H,10H2,1-4H3,(H2,16,17,19). The van der Waals surface area contributed by atoms with Crippen LogP contribution in [0.15, 0.2) is 30.3 Å². The fourth-order valence-electron chi connectivity index (χ4n) is 1.53. The summed E-state index contributed by atoms with van der Waals surface area (Å²) in [6.07, 6.45) is 0. The van der Waals surface area contributed by atoms with Crippen molar-refractivity contribution in [3.05, 3.63) is 35.9 Å². The van der Waals surface area contributed by atoms with Gasteiger partial charge in [0, 0.05) is 6.04 Å². The molecule has 4 nitrogen and oxygen atoms in total. The van der Waals surface area contributed by atoms with E-state index >= 15 is 0 Å². The Bertz CT molecular complexity index is 398. The van der Waals surface area contributed by atoms with E-state index in [2.05, 4.69) is 31.4 Å².